The number of fused-ring (bicyclic) bond motifs is 2. The van der Waals surface area contributed by atoms with Gasteiger partial charge in [-0.2, -0.15) is 5.10 Å². The highest BCUT2D eigenvalue weighted by Crippen LogP contribution is 2.40. The van der Waals surface area contributed by atoms with Crippen molar-refractivity contribution in [1.82, 2.24) is 34.9 Å². The second kappa shape index (κ2) is 17.6. The number of allylic oxidation sites excluding steroid dienone is 2. The van der Waals surface area contributed by atoms with E-state index in [0.717, 1.165) is 65.9 Å². The van der Waals surface area contributed by atoms with Gasteiger partial charge in [0.1, 0.15) is 17.5 Å². The number of piperidine rings is 2. The van der Waals surface area contributed by atoms with Gasteiger partial charge in [0.2, 0.25) is 17.7 Å². The smallest absolute Gasteiger partial charge is 0.329 e. The molecule has 0 saturated carbocycles. The Hall–Kier alpha value is -7.75. The number of benzene rings is 4. The molecular weight excluding hydrogens is 851 g/mol. The van der Waals surface area contributed by atoms with Gasteiger partial charge in [-0.1, -0.05) is 30.3 Å². The number of hydrogen-bond acceptors (Lipinski definition) is 9. The average molecular weight is 902 g/mol. The Balaban J connectivity index is 0.885. The summed E-state index contributed by atoms with van der Waals surface area (Å²) in [4.78, 5) is 81.3. The summed E-state index contributed by atoms with van der Waals surface area (Å²) in [6.45, 7) is 2.16. The Morgan fingerprint density at radius 3 is 2.39 bits per heavy atom. The van der Waals surface area contributed by atoms with E-state index >= 15 is 0 Å². The normalized spacial score (nSPS) is 18.0. The van der Waals surface area contributed by atoms with Crippen molar-refractivity contribution in [3.63, 3.8) is 0 Å². The Morgan fingerprint density at radius 2 is 1.64 bits per heavy atom. The van der Waals surface area contributed by atoms with Crippen molar-refractivity contribution in [3.8, 4) is 22.6 Å². The van der Waals surface area contributed by atoms with Gasteiger partial charge in [-0.25, -0.2) is 4.79 Å². The van der Waals surface area contributed by atoms with Crippen LogP contribution >= 0.6 is 0 Å². The van der Waals surface area contributed by atoms with Crippen LogP contribution in [0.15, 0.2) is 107 Å². The van der Waals surface area contributed by atoms with Gasteiger partial charge in [-0.3, -0.25) is 43.1 Å². The number of ether oxygens (including phenoxy) is 1. The Kier molecular flexibility index (Phi) is 11.3. The van der Waals surface area contributed by atoms with Crippen molar-refractivity contribution in [3.05, 3.63) is 124 Å². The van der Waals surface area contributed by atoms with Crippen LogP contribution in [0.2, 0.25) is 0 Å². The number of anilines is 2. The number of likely N-dealkylation sites (N-methyl/N-ethyl adjacent to an activating group) is 1. The number of aryl methyl sites for hydroxylation is 2. The van der Waals surface area contributed by atoms with E-state index in [4.69, 9.17) is 4.74 Å². The Bertz CT molecular complexity index is 3150. The molecule has 5 amide bonds. The standard InChI is InChI=1S/C51H51N9O7/c1-52-48(63)33-7-4-8-34(27-33)53-50(65)46-38-28-32(14-19-39(38)57(3)55-46)37-18-15-35(59-24-6-11-45(59)62)29-43(37)67-36-16-12-30(13-17-36)31-22-25-58(26-23-31)40-9-5-10-41-47(40)56(2)51(66)60(41)42-20-21-44(61)54-49(42)64/h5,7,9-10,12-19,27-29,31,42H,4,6,8,11,20-26H2,1-3H3,(H,52,63)(H,53,65)(H,54,61,64). The first kappa shape index (κ1) is 43.2. The van der Waals surface area contributed by atoms with E-state index in [1.165, 1.54) is 10.1 Å². The monoisotopic (exact) mass is 901 g/mol. The molecule has 3 saturated heterocycles. The van der Waals surface area contributed by atoms with E-state index in [0.29, 0.717) is 65.4 Å². The van der Waals surface area contributed by atoms with Crippen molar-refractivity contribution in [2.75, 3.05) is 36.5 Å². The molecular formula is C51H51N9O7. The van der Waals surface area contributed by atoms with E-state index in [2.05, 4.69) is 38.1 Å². The third kappa shape index (κ3) is 8.06. The number of carbonyl (C=O) groups is 5. The molecule has 3 aliphatic heterocycles. The molecule has 16 nitrogen and oxygen atoms in total. The zero-order valence-electron chi connectivity index (χ0n) is 37.6. The summed E-state index contributed by atoms with van der Waals surface area (Å²) in [7, 11) is 5.10. The summed E-state index contributed by atoms with van der Waals surface area (Å²) >= 11 is 0. The molecule has 4 aliphatic rings. The number of amides is 5. The Morgan fingerprint density at radius 1 is 0.836 bits per heavy atom. The maximum absolute atomic E-state index is 13.8. The summed E-state index contributed by atoms with van der Waals surface area (Å²) < 4.78 is 11.5. The molecule has 4 aromatic carbocycles. The van der Waals surface area contributed by atoms with Gasteiger partial charge < -0.3 is 25.2 Å². The lowest BCUT2D eigenvalue weighted by molar-refractivity contribution is -0.135. The van der Waals surface area contributed by atoms with Crippen LogP contribution in [-0.2, 0) is 33.3 Å². The van der Waals surface area contributed by atoms with E-state index in [-0.39, 0.29) is 47.9 Å². The lowest BCUT2D eigenvalue weighted by Crippen LogP contribution is -2.44. The number of imide groups is 1. The molecule has 0 bridgehead atoms. The van der Waals surface area contributed by atoms with E-state index in [1.54, 1.807) is 41.4 Å². The van der Waals surface area contributed by atoms with Crippen molar-refractivity contribution in [2.45, 2.75) is 63.3 Å². The lowest BCUT2D eigenvalue weighted by atomic mass is 9.89. The molecule has 1 atom stereocenters. The van der Waals surface area contributed by atoms with E-state index < -0.39 is 11.9 Å². The van der Waals surface area contributed by atoms with Crippen LogP contribution in [0.25, 0.3) is 33.1 Å². The van der Waals surface area contributed by atoms with Gasteiger partial charge in [-0.15, -0.1) is 0 Å². The minimum Gasteiger partial charge on any atom is -0.457 e. The van der Waals surface area contributed by atoms with Crippen LogP contribution in [0.3, 0.4) is 0 Å². The first-order chi connectivity index (χ1) is 32.4. The number of carbonyl (C=O) groups excluding carboxylic acids is 5. The van der Waals surface area contributed by atoms with Crippen LogP contribution in [0, 0.1) is 0 Å². The molecule has 10 rings (SSSR count). The molecule has 1 unspecified atom stereocenters. The number of nitrogens with zero attached hydrogens (tertiary/aromatic N) is 6. The molecule has 6 aromatic rings. The van der Waals surface area contributed by atoms with E-state index in [9.17, 15) is 28.8 Å². The molecule has 1 aliphatic carbocycles. The topological polar surface area (TPSA) is 182 Å². The number of nitrogens with one attached hydrogen (secondary N) is 3. The number of imidazole rings is 1. The second-order valence-corrected chi connectivity index (χ2v) is 17.7. The van der Waals surface area contributed by atoms with Crippen LogP contribution < -0.4 is 36.2 Å². The summed E-state index contributed by atoms with van der Waals surface area (Å²) in [6.07, 6.45) is 8.28. The summed E-state index contributed by atoms with van der Waals surface area (Å²) in [5.74, 6) is 0.197. The molecule has 3 fully saturated rings. The van der Waals surface area contributed by atoms with Crippen LogP contribution in [0.5, 0.6) is 11.5 Å². The molecule has 3 N–H and O–H groups in total. The first-order valence-corrected chi connectivity index (χ1v) is 22.9. The third-order valence-electron chi connectivity index (χ3n) is 13.6. The third-order valence-corrected chi connectivity index (χ3v) is 13.6. The SMILES string of the molecule is CNC(=O)C1=CCCC(NC(=O)c2nn(C)c3ccc(-c4ccc(N5CCCC5=O)cc4Oc4ccc(C5CCN(c6cccc7c6n(C)c(=O)n7C6CCC(=O)NC6=O)CC5)cc4)cc23)=C1. The highest BCUT2D eigenvalue weighted by molar-refractivity contribution is 6.07. The van der Waals surface area contributed by atoms with E-state index in [1.807, 2.05) is 72.8 Å². The average Bonchev–Trinajstić information content (AvgIpc) is 4.00. The predicted molar refractivity (Wildman–Crippen MR) is 254 cm³/mol. The van der Waals surface area contributed by atoms with Crippen LogP contribution in [0.4, 0.5) is 11.4 Å². The quantitative estimate of drug-likeness (QED) is 0.134. The maximum Gasteiger partial charge on any atom is 0.329 e. The maximum atomic E-state index is 13.8. The summed E-state index contributed by atoms with van der Waals surface area (Å²) in [5.41, 5.74) is 7.79. The van der Waals surface area contributed by atoms with Crippen LogP contribution in [0.1, 0.15) is 79.4 Å². The van der Waals surface area contributed by atoms with Gasteiger partial charge in [0.05, 0.1) is 22.2 Å². The largest absolute Gasteiger partial charge is 0.457 e. The molecule has 67 heavy (non-hydrogen) atoms. The van der Waals surface area contributed by atoms with Gasteiger partial charge in [0.15, 0.2) is 5.69 Å². The number of aromatic nitrogens is 4. The molecule has 2 aromatic heterocycles. The van der Waals surface area contributed by atoms with Gasteiger partial charge in [0, 0.05) is 87.6 Å². The highest BCUT2D eigenvalue weighted by Gasteiger charge is 2.33. The van der Waals surface area contributed by atoms with Gasteiger partial charge >= 0.3 is 5.69 Å². The lowest BCUT2D eigenvalue weighted by Gasteiger charge is -2.34. The molecule has 342 valence electrons. The highest BCUT2D eigenvalue weighted by atomic mass is 16.5. The fourth-order valence-corrected chi connectivity index (χ4v) is 10.1. The zero-order chi connectivity index (χ0) is 46.5. The van der Waals surface area contributed by atoms with Gasteiger partial charge in [0.25, 0.3) is 11.8 Å². The molecule has 0 spiro atoms. The number of rotatable bonds is 10. The number of hydrogen-bond donors (Lipinski definition) is 3. The molecule has 16 heteroatoms. The zero-order valence-corrected chi connectivity index (χ0v) is 37.6. The van der Waals surface area contributed by atoms with Crippen molar-refractivity contribution < 1.29 is 28.7 Å². The number of para-hydroxylation sites is 1. The summed E-state index contributed by atoms with van der Waals surface area (Å²) in [6, 6.07) is 24.9. The molecule has 0 radical (unpaired) electrons. The van der Waals surface area contributed by atoms with Crippen LogP contribution in [-0.4, -0.2) is 75.1 Å². The molecule has 5 heterocycles. The minimum atomic E-state index is -0.744. The second-order valence-electron chi connectivity index (χ2n) is 17.7. The first-order valence-electron chi connectivity index (χ1n) is 22.9. The Labute approximate surface area is 385 Å². The fraction of sp³-hybridized carbons (Fsp3) is 0.314. The van der Waals surface area contributed by atoms with Crippen molar-refractivity contribution in [1.29, 1.82) is 0 Å². The summed E-state index contributed by atoms with van der Waals surface area (Å²) in [5, 5.41) is 13.3. The minimum absolute atomic E-state index is 0.0684. The van der Waals surface area contributed by atoms with Gasteiger partial charge in [-0.05, 0) is 110 Å². The predicted octanol–water partition coefficient (Wildman–Crippen LogP) is 6.25. The fourth-order valence-electron chi connectivity index (χ4n) is 10.1. The van der Waals surface area contributed by atoms with Crippen molar-refractivity contribution in [2.24, 2.45) is 14.1 Å². The van der Waals surface area contributed by atoms with Crippen molar-refractivity contribution >= 4 is 62.8 Å².